The SMILES string of the molecule is COc1ccc(CCNC(C)C)c(-c2ccccc2)c1. The maximum Gasteiger partial charge on any atom is 0.119 e. The first-order chi connectivity index (χ1) is 9.70. The van der Waals surface area contributed by atoms with Crippen molar-refractivity contribution in [1.82, 2.24) is 5.32 Å². The summed E-state index contributed by atoms with van der Waals surface area (Å²) in [6.07, 6.45) is 1.02. The van der Waals surface area contributed by atoms with Gasteiger partial charge >= 0.3 is 0 Å². The lowest BCUT2D eigenvalue weighted by molar-refractivity contribution is 0.415. The van der Waals surface area contributed by atoms with Crippen molar-refractivity contribution in [1.29, 1.82) is 0 Å². The van der Waals surface area contributed by atoms with Gasteiger partial charge < -0.3 is 10.1 Å². The van der Waals surface area contributed by atoms with Gasteiger partial charge in [-0.15, -0.1) is 0 Å². The van der Waals surface area contributed by atoms with E-state index in [2.05, 4.69) is 55.6 Å². The molecule has 1 N–H and O–H groups in total. The Balaban J connectivity index is 2.26. The van der Waals surface area contributed by atoms with Crippen molar-refractivity contribution >= 4 is 0 Å². The Labute approximate surface area is 121 Å². The quantitative estimate of drug-likeness (QED) is 0.858. The molecular weight excluding hydrogens is 246 g/mol. The number of nitrogens with one attached hydrogen (secondary N) is 1. The summed E-state index contributed by atoms with van der Waals surface area (Å²) in [4.78, 5) is 0. The van der Waals surface area contributed by atoms with E-state index < -0.39 is 0 Å². The summed E-state index contributed by atoms with van der Waals surface area (Å²) in [7, 11) is 1.71. The van der Waals surface area contributed by atoms with E-state index in [-0.39, 0.29) is 0 Å². The van der Waals surface area contributed by atoms with E-state index in [9.17, 15) is 0 Å². The van der Waals surface area contributed by atoms with Crippen molar-refractivity contribution in [3.05, 3.63) is 54.1 Å². The van der Waals surface area contributed by atoms with Gasteiger partial charge in [-0.1, -0.05) is 50.2 Å². The van der Waals surface area contributed by atoms with Crippen molar-refractivity contribution in [3.8, 4) is 16.9 Å². The summed E-state index contributed by atoms with van der Waals surface area (Å²) in [6.45, 7) is 5.34. The molecule has 0 atom stereocenters. The maximum atomic E-state index is 5.36. The highest BCUT2D eigenvalue weighted by Crippen LogP contribution is 2.28. The van der Waals surface area contributed by atoms with Crippen LogP contribution in [0.3, 0.4) is 0 Å². The van der Waals surface area contributed by atoms with Crippen LogP contribution in [0.4, 0.5) is 0 Å². The topological polar surface area (TPSA) is 21.3 Å². The molecule has 0 bridgehead atoms. The first-order valence-corrected chi connectivity index (χ1v) is 7.16. The fourth-order valence-corrected chi connectivity index (χ4v) is 2.28. The first-order valence-electron chi connectivity index (χ1n) is 7.16. The highest BCUT2D eigenvalue weighted by atomic mass is 16.5. The average Bonchev–Trinajstić information content (AvgIpc) is 2.48. The molecule has 0 aromatic heterocycles. The molecule has 0 saturated heterocycles. The zero-order valence-electron chi connectivity index (χ0n) is 12.5. The van der Waals surface area contributed by atoms with Gasteiger partial charge in [0, 0.05) is 6.04 Å². The van der Waals surface area contributed by atoms with Crippen LogP contribution >= 0.6 is 0 Å². The molecule has 2 rings (SSSR count). The molecule has 2 aromatic carbocycles. The highest BCUT2D eigenvalue weighted by Gasteiger charge is 2.07. The predicted molar refractivity (Wildman–Crippen MR) is 85.3 cm³/mol. The molecule has 0 aliphatic heterocycles. The van der Waals surface area contributed by atoms with Gasteiger partial charge in [-0.3, -0.25) is 0 Å². The number of hydrogen-bond donors (Lipinski definition) is 1. The van der Waals surface area contributed by atoms with Crippen LogP contribution in [0, 0.1) is 0 Å². The number of benzene rings is 2. The van der Waals surface area contributed by atoms with E-state index >= 15 is 0 Å². The Morgan fingerprint density at radius 1 is 1.05 bits per heavy atom. The van der Waals surface area contributed by atoms with Crippen LogP contribution in [0.2, 0.25) is 0 Å². The second-order valence-corrected chi connectivity index (χ2v) is 5.25. The van der Waals surface area contributed by atoms with Crippen molar-refractivity contribution in [2.75, 3.05) is 13.7 Å². The Hall–Kier alpha value is -1.80. The molecular formula is C18H23NO. The van der Waals surface area contributed by atoms with Gasteiger partial charge in [0.15, 0.2) is 0 Å². The fourth-order valence-electron chi connectivity index (χ4n) is 2.28. The molecule has 0 heterocycles. The zero-order chi connectivity index (χ0) is 14.4. The summed E-state index contributed by atoms with van der Waals surface area (Å²) in [5, 5.41) is 3.47. The molecule has 0 radical (unpaired) electrons. The van der Waals surface area contributed by atoms with Gasteiger partial charge in [-0.05, 0) is 41.8 Å². The Kier molecular flexibility index (Phi) is 5.19. The van der Waals surface area contributed by atoms with Gasteiger partial charge in [0.05, 0.1) is 7.11 Å². The van der Waals surface area contributed by atoms with Crippen LogP contribution in [0.15, 0.2) is 48.5 Å². The van der Waals surface area contributed by atoms with E-state index in [0.717, 1.165) is 18.7 Å². The molecule has 0 spiro atoms. The zero-order valence-corrected chi connectivity index (χ0v) is 12.5. The van der Waals surface area contributed by atoms with E-state index in [4.69, 9.17) is 4.74 Å². The minimum atomic E-state index is 0.522. The number of hydrogen-bond acceptors (Lipinski definition) is 2. The normalized spacial score (nSPS) is 10.8. The lowest BCUT2D eigenvalue weighted by Crippen LogP contribution is -2.25. The molecule has 2 nitrogen and oxygen atoms in total. The summed E-state index contributed by atoms with van der Waals surface area (Å²) < 4.78 is 5.36. The van der Waals surface area contributed by atoms with E-state index in [1.54, 1.807) is 7.11 Å². The lowest BCUT2D eigenvalue weighted by atomic mass is 9.97. The van der Waals surface area contributed by atoms with Crippen molar-refractivity contribution < 1.29 is 4.74 Å². The van der Waals surface area contributed by atoms with Crippen LogP contribution in [-0.4, -0.2) is 19.7 Å². The standard InChI is InChI=1S/C18H23NO/c1-14(2)19-12-11-16-9-10-17(20-3)13-18(16)15-7-5-4-6-8-15/h4-10,13-14,19H,11-12H2,1-3H3. The van der Waals surface area contributed by atoms with Gasteiger partial charge in [0.2, 0.25) is 0 Å². The second kappa shape index (κ2) is 7.11. The molecule has 0 amide bonds. The lowest BCUT2D eigenvalue weighted by Gasteiger charge is -2.13. The summed E-state index contributed by atoms with van der Waals surface area (Å²) >= 11 is 0. The molecule has 0 fully saturated rings. The third-order valence-electron chi connectivity index (χ3n) is 3.35. The Morgan fingerprint density at radius 3 is 2.45 bits per heavy atom. The molecule has 0 saturated carbocycles. The average molecular weight is 269 g/mol. The monoisotopic (exact) mass is 269 g/mol. The van der Waals surface area contributed by atoms with Crippen molar-refractivity contribution in [3.63, 3.8) is 0 Å². The van der Waals surface area contributed by atoms with Crippen molar-refractivity contribution in [2.45, 2.75) is 26.3 Å². The molecule has 20 heavy (non-hydrogen) atoms. The largest absolute Gasteiger partial charge is 0.497 e. The summed E-state index contributed by atoms with van der Waals surface area (Å²) in [6, 6.07) is 17.3. The minimum absolute atomic E-state index is 0.522. The van der Waals surface area contributed by atoms with Gasteiger partial charge in [-0.2, -0.15) is 0 Å². The maximum absolute atomic E-state index is 5.36. The number of ether oxygens (including phenoxy) is 1. The molecule has 2 aromatic rings. The molecule has 106 valence electrons. The van der Waals surface area contributed by atoms with E-state index in [0.29, 0.717) is 6.04 Å². The third-order valence-corrected chi connectivity index (χ3v) is 3.35. The third kappa shape index (κ3) is 3.84. The predicted octanol–water partition coefficient (Wildman–Crippen LogP) is 3.90. The second-order valence-electron chi connectivity index (χ2n) is 5.25. The molecule has 0 aliphatic rings. The molecule has 0 aliphatic carbocycles. The molecule has 0 unspecified atom stereocenters. The Bertz CT molecular complexity index is 534. The van der Waals surface area contributed by atoms with Gasteiger partial charge in [0.1, 0.15) is 5.75 Å². The smallest absolute Gasteiger partial charge is 0.119 e. The summed E-state index contributed by atoms with van der Waals surface area (Å²) in [5.74, 6) is 0.907. The van der Waals surface area contributed by atoms with Gasteiger partial charge in [0.25, 0.3) is 0 Å². The van der Waals surface area contributed by atoms with E-state index in [1.807, 2.05) is 12.1 Å². The molecule has 2 heteroatoms. The van der Waals surface area contributed by atoms with Gasteiger partial charge in [-0.25, -0.2) is 0 Å². The first kappa shape index (κ1) is 14.6. The minimum Gasteiger partial charge on any atom is -0.497 e. The van der Waals surface area contributed by atoms with Crippen LogP contribution in [0.5, 0.6) is 5.75 Å². The van der Waals surface area contributed by atoms with Crippen LogP contribution in [0.1, 0.15) is 19.4 Å². The van der Waals surface area contributed by atoms with E-state index in [1.165, 1.54) is 16.7 Å². The summed E-state index contributed by atoms with van der Waals surface area (Å²) in [5.41, 5.74) is 3.85. The van der Waals surface area contributed by atoms with Crippen LogP contribution in [-0.2, 0) is 6.42 Å². The van der Waals surface area contributed by atoms with Crippen LogP contribution in [0.25, 0.3) is 11.1 Å². The Morgan fingerprint density at radius 2 is 1.80 bits per heavy atom. The number of methoxy groups -OCH3 is 1. The highest BCUT2D eigenvalue weighted by molar-refractivity contribution is 5.69. The number of rotatable bonds is 6. The van der Waals surface area contributed by atoms with Crippen molar-refractivity contribution in [2.24, 2.45) is 0 Å². The fraction of sp³-hybridized carbons (Fsp3) is 0.333. The van der Waals surface area contributed by atoms with Crippen LogP contribution < -0.4 is 10.1 Å².